The molecule has 220 valence electrons. The predicted octanol–water partition coefficient (Wildman–Crippen LogP) is 10.4. The van der Waals surface area contributed by atoms with E-state index >= 15 is 0 Å². The Bertz CT molecular complexity index is 535. The van der Waals surface area contributed by atoms with E-state index in [1.165, 1.54) is 89.9 Å². The number of esters is 2. The normalized spacial score (nSPS) is 15.8. The first kappa shape index (κ1) is 36.2. The fourth-order valence-corrected chi connectivity index (χ4v) is 4.36. The second kappa shape index (κ2) is 31.4. The molecule has 1 rings (SSSR count). The molecule has 0 spiro atoms. The van der Waals surface area contributed by atoms with Crippen LogP contribution in [0.2, 0.25) is 0 Å². The van der Waals surface area contributed by atoms with Crippen molar-refractivity contribution in [2.75, 3.05) is 13.2 Å². The van der Waals surface area contributed by atoms with Crippen molar-refractivity contribution in [1.29, 1.82) is 0 Å². The molecule has 0 unspecified atom stereocenters. The monoisotopic (exact) mass is 532 g/mol. The van der Waals surface area contributed by atoms with Gasteiger partial charge < -0.3 is 9.47 Å². The Balaban J connectivity index is 0.000000724. The van der Waals surface area contributed by atoms with Crippen LogP contribution in [0.1, 0.15) is 154 Å². The zero-order valence-corrected chi connectivity index (χ0v) is 24.7. The highest BCUT2D eigenvalue weighted by molar-refractivity contribution is 5.69. The SMILES string of the molecule is C=CCCCCCCCC(=O)OCCCCCCC=C.O=C1CCCCCCCC=CCCCCCCO1. The van der Waals surface area contributed by atoms with Crippen LogP contribution in [-0.4, -0.2) is 25.2 Å². The van der Waals surface area contributed by atoms with E-state index in [-0.39, 0.29) is 11.9 Å². The molecule has 0 saturated carbocycles. The van der Waals surface area contributed by atoms with Gasteiger partial charge >= 0.3 is 11.9 Å². The third-order valence-corrected chi connectivity index (χ3v) is 6.80. The van der Waals surface area contributed by atoms with Gasteiger partial charge in [-0.2, -0.15) is 0 Å². The van der Waals surface area contributed by atoms with E-state index in [1.807, 2.05) is 12.2 Å². The number of carbonyl (C=O) groups excluding carboxylic acids is 2. The highest BCUT2D eigenvalue weighted by Gasteiger charge is 2.03. The van der Waals surface area contributed by atoms with Crippen molar-refractivity contribution in [3.8, 4) is 0 Å². The average molecular weight is 533 g/mol. The van der Waals surface area contributed by atoms with Crippen LogP contribution in [0.5, 0.6) is 0 Å². The van der Waals surface area contributed by atoms with Crippen molar-refractivity contribution in [2.45, 2.75) is 154 Å². The van der Waals surface area contributed by atoms with Crippen molar-refractivity contribution in [3.63, 3.8) is 0 Å². The maximum Gasteiger partial charge on any atom is 0.305 e. The zero-order chi connectivity index (χ0) is 27.8. The minimum absolute atomic E-state index is 0.000910. The van der Waals surface area contributed by atoms with Crippen LogP contribution in [0.15, 0.2) is 37.5 Å². The molecule has 0 fully saturated rings. The lowest BCUT2D eigenvalue weighted by molar-refractivity contribution is -0.144. The number of unbranched alkanes of at least 4 members (excludes halogenated alkanes) is 9. The lowest BCUT2D eigenvalue weighted by Crippen LogP contribution is -2.05. The highest BCUT2D eigenvalue weighted by atomic mass is 16.5. The topological polar surface area (TPSA) is 52.6 Å². The van der Waals surface area contributed by atoms with E-state index in [9.17, 15) is 9.59 Å². The van der Waals surface area contributed by atoms with E-state index < -0.39 is 0 Å². The highest BCUT2D eigenvalue weighted by Crippen LogP contribution is 2.11. The van der Waals surface area contributed by atoms with E-state index in [1.54, 1.807) is 0 Å². The molecule has 4 nitrogen and oxygen atoms in total. The average Bonchev–Trinajstić information content (AvgIpc) is 2.92. The molecule has 0 bridgehead atoms. The van der Waals surface area contributed by atoms with Gasteiger partial charge in [-0.1, -0.05) is 88.5 Å². The van der Waals surface area contributed by atoms with Crippen molar-refractivity contribution < 1.29 is 19.1 Å². The molecule has 0 radical (unpaired) electrons. The van der Waals surface area contributed by atoms with Crippen molar-refractivity contribution >= 4 is 11.9 Å². The number of hydrogen-bond acceptors (Lipinski definition) is 4. The third kappa shape index (κ3) is 30.4. The number of hydrogen-bond donors (Lipinski definition) is 0. The van der Waals surface area contributed by atoms with Crippen molar-refractivity contribution in [2.24, 2.45) is 0 Å². The molecule has 0 aromatic carbocycles. The maximum absolute atomic E-state index is 11.5. The molecular weight excluding hydrogens is 472 g/mol. The van der Waals surface area contributed by atoms with Gasteiger partial charge in [-0.3, -0.25) is 9.59 Å². The molecule has 0 aromatic rings. The van der Waals surface area contributed by atoms with Crippen LogP contribution in [0, 0.1) is 0 Å². The number of cyclic esters (lactones) is 1. The number of allylic oxidation sites excluding steroid dienone is 4. The first-order chi connectivity index (χ1) is 18.7. The number of ether oxygens (including phenoxy) is 2. The first-order valence-electron chi connectivity index (χ1n) is 15.9. The molecular formula is C34H60O4. The summed E-state index contributed by atoms with van der Waals surface area (Å²) in [7, 11) is 0. The van der Waals surface area contributed by atoms with Gasteiger partial charge in [0.1, 0.15) is 0 Å². The second-order valence-corrected chi connectivity index (χ2v) is 10.5. The van der Waals surface area contributed by atoms with Crippen molar-refractivity contribution in [1.82, 2.24) is 0 Å². The number of rotatable bonds is 15. The van der Waals surface area contributed by atoms with Gasteiger partial charge in [0.25, 0.3) is 0 Å². The van der Waals surface area contributed by atoms with Crippen molar-refractivity contribution in [3.05, 3.63) is 37.5 Å². The van der Waals surface area contributed by atoms with E-state index in [0.717, 1.165) is 51.4 Å². The molecule has 1 aliphatic rings. The fraction of sp³-hybridized carbons (Fsp3) is 0.765. The summed E-state index contributed by atoms with van der Waals surface area (Å²) in [5.74, 6) is -0.0248. The van der Waals surface area contributed by atoms with Gasteiger partial charge in [-0.25, -0.2) is 0 Å². The van der Waals surface area contributed by atoms with Crippen LogP contribution in [0.4, 0.5) is 0 Å². The Morgan fingerprint density at radius 2 is 1.24 bits per heavy atom. The van der Waals surface area contributed by atoms with Crippen LogP contribution in [0.25, 0.3) is 0 Å². The van der Waals surface area contributed by atoms with Gasteiger partial charge in [-0.15, -0.1) is 13.2 Å². The predicted molar refractivity (Wildman–Crippen MR) is 162 cm³/mol. The third-order valence-electron chi connectivity index (χ3n) is 6.80. The summed E-state index contributed by atoms with van der Waals surface area (Å²) in [6.45, 7) is 8.62. The molecule has 0 aromatic heterocycles. The first-order valence-corrected chi connectivity index (χ1v) is 15.9. The molecule has 1 heterocycles. The summed E-state index contributed by atoms with van der Waals surface area (Å²) in [5, 5.41) is 0. The van der Waals surface area contributed by atoms with Gasteiger partial charge in [0.15, 0.2) is 0 Å². The fourth-order valence-electron chi connectivity index (χ4n) is 4.36. The zero-order valence-electron chi connectivity index (χ0n) is 24.7. The van der Waals surface area contributed by atoms with Crippen LogP contribution in [-0.2, 0) is 19.1 Å². The Morgan fingerprint density at radius 1 is 0.711 bits per heavy atom. The van der Waals surface area contributed by atoms with Gasteiger partial charge in [-0.05, 0) is 77.0 Å². The summed E-state index contributed by atoms with van der Waals surface area (Å²) in [6.07, 6.45) is 35.4. The Labute approximate surface area is 235 Å². The summed E-state index contributed by atoms with van der Waals surface area (Å²) in [4.78, 5) is 22.9. The van der Waals surface area contributed by atoms with Crippen LogP contribution < -0.4 is 0 Å². The van der Waals surface area contributed by atoms with Crippen LogP contribution >= 0.6 is 0 Å². The lowest BCUT2D eigenvalue weighted by Gasteiger charge is -2.05. The van der Waals surface area contributed by atoms with Gasteiger partial charge in [0.2, 0.25) is 0 Å². The summed E-state index contributed by atoms with van der Waals surface area (Å²) in [6, 6.07) is 0. The molecule has 0 atom stereocenters. The summed E-state index contributed by atoms with van der Waals surface area (Å²) >= 11 is 0. The Hall–Kier alpha value is -1.84. The standard InChI is InChI=1S/C18H32O2.C16H28O2/c1-3-5-7-9-11-12-14-16-18(19)20-17-15-13-10-8-6-4-2;17-16-14-12-10-8-6-4-2-1-3-5-7-9-11-13-15-18-16/h3-4H,1-2,5-17H2;1,3H,2,4-15H2. The second-order valence-electron chi connectivity index (χ2n) is 10.5. The smallest absolute Gasteiger partial charge is 0.305 e. The lowest BCUT2D eigenvalue weighted by atomic mass is 10.1. The van der Waals surface area contributed by atoms with E-state index in [4.69, 9.17) is 9.47 Å². The summed E-state index contributed by atoms with van der Waals surface area (Å²) in [5.41, 5.74) is 0. The summed E-state index contributed by atoms with van der Waals surface area (Å²) < 4.78 is 10.4. The number of carbonyl (C=O) groups is 2. The molecule has 1 aliphatic heterocycles. The quantitative estimate of drug-likeness (QED) is 0.120. The van der Waals surface area contributed by atoms with E-state index in [2.05, 4.69) is 25.3 Å². The maximum atomic E-state index is 11.5. The Morgan fingerprint density at radius 3 is 1.89 bits per heavy atom. The molecule has 38 heavy (non-hydrogen) atoms. The largest absolute Gasteiger partial charge is 0.466 e. The van der Waals surface area contributed by atoms with Gasteiger partial charge in [0, 0.05) is 12.8 Å². The molecule has 0 N–H and O–H groups in total. The molecule has 0 aliphatic carbocycles. The minimum Gasteiger partial charge on any atom is -0.466 e. The minimum atomic E-state index is -0.0258. The molecule has 0 amide bonds. The van der Waals surface area contributed by atoms with E-state index in [0.29, 0.717) is 26.1 Å². The molecule has 4 heteroatoms. The van der Waals surface area contributed by atoms with Gasteiger partial charge in [0.05, 0.1) is 13.2 Å². The Kier molecular flexibility index (Phi) is 29.9. The van der Waals surface area contributed by atoms with Crippen LogP contribution in [0.3, 0.4) is 0 Å². The molecule has 0 saturated heterocycles.